The van der Waals surface area contributed by atoms with Crippen molar-refractivity contribution in [3.05, 3.63) is 46.3 Å². The molecule has 18 heavy (non-hydrogen) atoms. The first-order valence-corrected chi connectivity index (χ1v) is 6.80. The first-order chi connectivity index (χ1) is 8.74. The van der Waals surface area contributed by atoms with E-state index in [1.54, 1.807) is 11.3 Å². The Bertz CT molecular complexity index is 689. The topological polar surface area (TPSA) is 38.1 Å². The van der Waals surface area contributed by atoms with Crippen LogP contribution in [0.2, 0.25) is 5.02 Å². The van der Waals surface area contributed by atoms with E-state index in [1.807, 2.05) is 36.7 Å². The van der Waals surface area contributed by atoms with Gasteiger partial charge in [-0.25, -0.2) is 4.98 Å². The van der Waals surface area contributed by atoms with Crippen molar-refractivity contribution in [3.63, 3.8) is 0 Å². The maximum absolute atomic E-state index is 6.20. The van der Waals surface area contributed by atoms with Gasteiger partial charge in [0.2, 0.25) is 0 Å². The van der Waals surface area contributed by atoms with Crippen molar-refractivity contribution in [2.75, 3.05) is 5.32 Å². The van der Waals surface area contributed by atoms with E-state index in [0.29, 0.717) is 11.6 Å². The summed E-state index contributed by atoms with van der Waals surface area (Å²) in [6, 6.07) is 7.77. The van der Waals surface area contributed by atoms with E-state index in [2.05, 4.69) is 10.3 Å². The van der Waals surface area contributed by atoms with Crippen LogP contribution < -0.4 is 5.32 Å². The van der Waals surface area contributed by atoms with Crippen LogP contribution in [0.5, 0.6) is 0 Å². The summed E-state index contributed by atoms with van der Waals surface area (Å²) < 4.78 is 6.64. The van der Waals surface area contributed by atoms with Gasteiger partial charge in [0.1, 0.15) is 17.0 Å². The smallest absolute Gasteiger partial charge is 0.123 e. The molecular formula is C13H11ClN2OS. The minimum Gasteiger partial charge on any atom is -0.465 e. The maximum Gasteiger partial charge on any atom is 0.123 e. The van der Waals surface area contributed by atoms with Crippen LogP contribution in [0.15, 0.2) is 34.2 Å². The van der Waals surface area contributed by atoms with Gasteiger partial charge < -0.3 is 9.73 Å². The first kappa shape index (κ1) is 11.6. The van der Waals surface area contributed by atoms with Crippen molar-refractivity contribution in [1.82, 2.24) is 4.98 Å². The Labute approximate surface area is 113 Å². The number of fused-ring (bicyclic) bond motifs is 1. The van der Waals surface area contributed by atoms with Crippen LogP contribution in [0.4, 0.5) is 5.69 Å². The third-order valence-electron chi connectivity index (χ3n) is 2.69. The summed E-state index contributed by atoms with van der Waals surface area (Å²) in [5.74, 6) is 1.79. The third-order valence-corrected chi connectivity index (χ3v) is 3.80. The molecule has 3 aromatic rings. The number of nitrogens with one attached hydrogen (secondary N) is 1. The van der Waals surface area contributed by atoms with Crippen LogP contribution in [0.25, 0.3) is 10.2 Å². The molecule has 0 aliphatic heterocycles. The molecule has 0 aliphatic carbocycles. The molecule has 2 aromatic heterocycles. The fraction of sp³-hybridized carbons (Fsp3) is 0.154. The number of furan rings is 1. The maximum atomic E-state index is 6.20. The monoisotopic (exact) mass is 278 g/mol. The number of hydrogen-bond donors (Lipinski definition) is 1. The average Bonchev–Trinajstić information content (AvgIpc) is 2.96. The van der Waals surface area contributed by atoms with E-state index in [-0.39, 0.29) is 0 Å². The molecule has 1 N–H and O–H groups in total. The van der Waals surface area contributed by atoms with Crippen molar-refractivity contribution in [2.24, 2.45) is 0 Å². The van der Waals surface area contributed by atoms with E-state index in [0.717, 1.165) is 27.4 Å². The molecule has 3 rings (SSSR count). The number of anilines is 1. The van der Waals surface area contributed by atoms with Gasteiger partial charge in [-0.15, -0.1) is 11.3 Å². The molecule has 92 valence electrons. The number of rotatable bonds is 3. The van der Waals surface area contributed by atoms with Gasteiger partial charge in [0.05, 0.1) is 27.5 Å². The van der Waals surface area contributed by atoms with Crippen molar-refractivity contribution < 1.29 is 4.42 Å². The number of halogens is 1. The highest BCUT2D eigenvalue weighted by Crippen LogP contribution is 2.32. The number of hydrogen-bond acceptors (Lipinski definition) is 4. The van der Waals surface area contributed by atoms with Crippen LogP contribution in [0, 0.1) is 6.92 Å². The van der Waals surface area contributed by atoms with Crippen LogP contribution in [-0.2, 0) is 6.54 Å². The number of nitrogens with zero attached hydrogens (tertiary/aromatic N) is 1. The van der Waals surface area contributed by atoms with Gasteiger partial charge in [0.15, 0.2) is 0 Å². The highest BCUT2D eigenvalue weighted by Gasteiger charge is 2.09. The SMILES string of the molecule is Cc1ccc(CNc2c(Cl)ccc3scnc23)o1. The Morgan fingerprint density at radius 1 is 1.33 bits per heavy atom. The standard InChI is InChI=1S/C13H11ClN2OS/c1-8-2-3-9(17-8)6-15-12-10(14)4-5-11-13(12)16-7-18-11/h2-5,7,15H,6H2,1H3. The summed E-state index contributed by atoms with van der Waals surface area (Å²) in [5.41, 5.74) is 3.60. The van der Waals surface area contributed by atoms with Crippen molar-refractivity contribution >= 4 is 38.8 Å². The second-order valence-corrected chi connectivity index (χ2v) is 5.28. The second-order valence-electron chi connectivity index (χ2n) is 3.99. The average molecular weight is 279 g/mol. The van der Waals surface area contributed by atoms with Crippen molar-refractivity contribution in [3.8, 4) is 0 Å². The molecule has 3 nitrogen and oxygen atoms in total. The van der Waals surface area contributed by atoms with Gasteiger partial charge in [-0.3, -0.25) is 0 Å². The van der Waals surface area contributed by atoms with Gasteiger partial charge in [-0.05, 0) is 31.2 Å². The van der Waals surface area contributed by atoms with Crippen molar-refractivity contribution in [1.29, 1.82) is 0 Å². The summed E-state index contributed by atoms with van der Waals surface area (Å²) in [5, 5.41) is 3.97. The Morgan fingerprint density at radius 2 is 2.22 bits per heavy atom. The molecule has 2 heterocycles. The molecule has 1 aromatic carbocycles. The van der Waals surface area contributed by atoms with E-state index in [4.69, 9.17) is 16.0 Å². The molecule has 0 atom stereocenters. The number of benzene rings is 1. The van der Waals surface area contributed by atoms with E-state index < -0.39 is 0 Å². The lowest BCUT2D eigenvalue weighted by Gasteiger charge is -2.07. The molecule has 0 spiro atoms. The molecule has 0 radical (unpaired) electrons. The molecular weight excluding hydrogens is 268 g/mol. The van der Waals surface area contributed by atoms with Crippen LogP contribution >= 0.6 is 22.9 Å². The lowest BCUT2D eigenvalue weighted by Crippen LogP contribution is -1.99. The molecule has 0 unspecified atom stereocenters. The number of thiazole rings is 1. The molecule has 0 aliphatic rings. The summed E-state index contributed by atoms with van der Waals surface area (Å²) >= 11 is 7.81. The summed E-state index contributed by atoms with van der Waals surface area (Å²) in [4.78, 5) is 4.34. The number of aromatic nitrogens is 1. The Balaban J connectivity index is 1.89. The quantitative estimate of drug-likeness (QED) is 0.768. The van der Waals surface area contributed by atoms with E-state index >= 15 is 0 Å². The summed E-state index contributed by atoms with van der Waals surface area (Å²) in [6.45, 7) is 2.53. The van der Waals surface area contributed by atoms with Crippen LogP contribution in [0.3, 0.4) is 0 Å². The lowest BCUT2D eigenvalue weighted by molar-refractivity contribution is 0.490. The van der Waals surface area contributed by atoms with Crippen LogP contribution in [-0.4, -0.2) is 4.98 Å². The van der Waals surface area contributed by atoms with Gasteiger partial charge in [-0.1, -0.05) is 11.6 Å². The molecule has 0 amide bonds. The Kier molecular flexibility index (Phi) is 2.97. The number of aryl methyl sites for hydroxylation is 1. The highest BCUT2D eigenvalue weighted by atomic mass is 35.5. The summed E-state index contributed by atoms with van der Waals surface area (Å²) in [6.07, 6.45) is 0. The zero-order valence-corrected chi connectivity index (χ0v) is 11.3. The van der Waals surface area contributed by atoms with Gasteiger partial charge in [0.25, 0.3) is 0 Å². The normalized spacial score (nSPS) is 11.0. The molecule has 0 fully saturated rings. The Morgan fingerprint density at radius 3 is 3.00 bits per heavy atom. The third kappa shape index (κ3) is 2.09. The predicted molar refractivity (Wildman–Crippen MR) is 75.4 cm³/mol. The lowest BCUT2D eigenvalue weighted by atomic mass is 10.3. The van der Waals surface area contributed by atoms with Crippen LogP contribution in [0.1, 0.15) is 11.5 Å². The zero-order valence-electron chi connectivity index (χ0n) is 9.74. The minimum atomic E-state index is 0.601. The van der Waals surface area contributed by atoms with Gasteiger partial charge >= 0.3 is 0 Å². The second kappa shape index (κ2) is 4.63. The molecule has 0 saturated heterocycles. The summed E-state index contributed by atoms with van der Waals surface area (Å²) in [7, 11) is 0. The fourth-order valence-corrected chi connectivity index (χ4v) is 2.73. The molecule has 5 heteroatoms. The van der Waals surface area contributed by atoms with Crippen molar-refractivity contribution in [2.45, 2.75) is 13.5 Å². The fourth-order valence-electron chi connectivity index (χ4n) is 1.83. The first-order valence-electron chi connectivity index (χ1n) is 5.55. The Hall–Kier alpha value is -1.52. The van der Waals surface area contributed by atoms with Gasteiger partial charge in [-0.2, -0.15) is 0 Å². The largest absolute Gasteiger partial charge is 0.465 e. The molecule has 0 bridgehead atoms. The minimum absolute atomic E-state index is 0.601. The van der Waals surface area contributed by atoms with E-state index in [1.165, 1.54) is 0 Å². The van der Waals surface area contributed by atoms with Gasteiger partial charge in [0, 0.05) is 0 Å². The van der Waals surface area contributed by atoms with E-state index in [9.17, 15) is 0 Å². The highest BCUT2D eigenvalue weighted by molar-refractivity contribution is 7.16. The predicted octanol–water partition coefficient (Wildman–Crippen LogP) is 4.46. The molecule has 0 saturated carbocycles. The zero-order chi connectivity index (χ0) is 12.5.